The van der Waals surface area contributed by atoms with E-state index in [4.69, 9.17) is 0 Å². The summed E-state index contributed by atoms with van der Waals surface area (Å²) < 4.78 is 27.4. The minimum absolute atomic E-state index is 0.112. The first-order chi connectivity index (χ1) is 10.6. The predicted molar refractivity (Wildman–Crippen MR) is 83.1 cm³/mol. The number of H-pyrrole nitrogens is 1. The van der Waals surface area contributed by atoms with Crippen molar-refractivity contribution in [2.45, 2.75) is 13.0 Å². The number of benzene rings is 1. The first kappa shape index (κ1) is 15.3. The molecule has 1 aromatic carbocycles. The molecule has 0 amide bonds. The minimum atomic E-state index is -0.533. The van der Waals surface area contributed by atoms with Crippen LogP contribution in [0.2, 0.25) is 0 Å². The molecule has 0 atom stereocenters. The van der Waals surface area contributed by atoms with Crippen molar-refractivity contribution in [3.8, 4) is 11.3 Å². The molecule has 2 aromatic rings. The maximum Gasteiger partial charge on any atom is 0.305 e. The fourth-order valence-corrected chi connectivity index (χ4v) is 3.53. The lowest BCUT2D eigenvalue weighted by Gasteiger charge is -2.19. The van der Waals surface area contributed by atoms with Crippen LogP contribution in [0.1, 0.15) is 11.3 Å². The SMILES string of the molecule is O=c1[nH]c(-c2cc(F)ccc2F)c(CN2CCCNCC2)s1. The van der Waals surface area contributed by atoms with Gasteiger partial charge < -0.3 is 10.3 Å². The fraction of sp³-hybridized carbons (Fsp3) is 0.400. The molecule has 2 N–H and O–H groups in total. The van der Waals surface area contributed by atoms with Gasteiger partial charge in [0.1, 0.15) is 11.6 Å². The number of aromatic amines is 1. The maximum absolute atomic E-state index is 14.0. The molecule has 1 aliphatic rings. The van der Waals surface area contributed by atoms with Crippen LogP contribution in [-0.2, 0) is 6.54 Å². The van der Waals surface area contributed by atoms with Gasteiger partial charge in [0.05, 0.1) is 5.69 Å². The molecule has 4 nitrogen and oxygen atoms in total. The third-order valence-corrected chi connectivity index (χ3v) is 4.59. The Morgan fingerprint density at radius 3 is 2.95 bits per heavy atom. The topological polar surface area (TPSA) is 48.1 Å². The maximum atomic E-state index is 14.0. The molecule has 1 aliphatic heterocycles. The van der Waals surface area contributed by atoms with Crippen molar-refractivity contribution in [2.24, 2.45) is 0 Å². The fourth-order valence-electron chi connectivity index (χ4n) is 2.64. The van der Waals surface area contributed by atoms with Crippen molar-refractivity contribution in [1.29, 1.82) is 0 Å². The first-order valence-corrected chi connectivity index (χ1v) is 8.05. The lowest BCUT2D eigenvalue weighted by molar-refractivity contribution is 0.287. The van der Waals surface area contributed by atoms with Crippen molar-refractivity contribution in [2.75, 3.05) is 26.2 Å². The molecule has 0 spiro atoms. The van der Waals surface area contributed by atoms with Gasteiger partial charge in [0.25, 0.3) is 0 Å². The summed E-state index contributed by atoms with van der Waals surface area (Å²) in [5, 5.41) is 3.31. The third-order valence-electron chi connectivity index (χ3n) is 3.72. The van der Waals surface area contributed by atoms with Crippen molar-refractivity contribution in [1.82, 2.24) is 15.2 Å². The van der Waals surface area contributed by atoms with Crippen LogP contribution in [0.15, 0.2) is 23.0 Å². The summed E-state index contributed by atoms with van der Waals surface area (Å²) in [6.07, 6.45) is 1.03. The van der Waals surface area contributed by atoms with Gasteiger partial charge >= 0.3 is 4.87 Å². The second kappa shape index (κ2) is 6.68. The molecule has 0 saturated carbocycles. The summed E-state index contributed by atoms with van der Waals surface area (Å²) in [7, 11) is 0. The number of halogens is 2. The van der Waals surface area contributed by atoms with Crippen LogP contribution in [0.25, 0.3) is 11.3 Å². The number of nitrogens with zero attached hydrogens (tertiary/aromatic N) is 1. The van der Waals surface area contributed by atoms with Gasteiger partial charge in [-0.3, -0.25) is 9.69 Å². The number of nitrogens with one attached hydrogen (secondary N) is 2. The monoisotopic (exact) mass is 325 g/mol. The normalized spacial score (nSPS) is 16.6. The van der Waals surface area contributed by atoms with E-state index in [1.807, 2.05) is 0 Å². The highest BCUT2D eigenvalue weighted by atomic mass is 32.1. The molecule has 7 heteroatoms. The van der Waals surface area contributed by atoms with Gasteiger partial charge in [0.15, 0.2) is 0 Å². The van der Waals surface area contributed by atoms with Crippen LogP contribution >= 0.6 is 11.3 Å². The molecule has 22 heavy (non-hydrogen) atoms. The molecule has 118 valence electrons. The van der Waals surface area contributed by atoms with Gasteiger partial charge in [-0.05, 0) is 37.7 Å². The van der Waals surface area contributed by atoms with E-state index in [1.54, 1.807) is 0 Å². The van der Waals surface area contributed by atoms with Crippen molar-refractivity contribution < 1.29 is 8.78 Å². The molecule has 0 aliphatic carbocycles. The molecule has 1 saturated heterocycles. The molecule has 1 aromatic heterocycles. The van der Waals surface area contributed by atoms with Gasteiger partial charge in [-0.15, -0.1) is 0 Å². The standard InChI is InChI=1S/C15H17F2N3OS/c16-10-2-3-12(17)11(8-10)14-13(22-15(21)19-14)9-20-6-1-4-18-5-7-20/h2-3,8,18H,1,4-7,9H2,(H,19,21). The van der Waals surface area contributed by atoms with Gasteiger partial charge in [-0.25, -0.2) is 8.78 Å². The van der Waals surface area contributed by atoms with E-state index >= 15 is 0 Å². The second-order valence-corrected chi connectivity index (χ2v) is 6.38. The first-order valence-electron chi connectivity index (χ1n) is 7.24. The Bertz CT molecular complexity index is 705. The lowest BCUT2D eigenvalue weighted by Crippen LogP contribution is -2.27. The minimum Gasteiger partial charge on any atom is -0.315 e. The summed E-state index contributed by atoms with van der Waals surface area (Å²) in [4.78, 5) is 17.1. The summed E-state index contributed by atoms with van der Waals surface area (Å²) in [5.41, 5.74) is 0.505. The number of hydrogen-bond acceptors (Lipinski definition) is 4. The van der Waals surface area contributed by atoms with Gasteiger partial charge in [-0.1, -0.05) is 11.3 Å². The van der Waals surface area contributed by atoms with Crippen molar-refractivity contribution in [3.05, 3.63) is 44.4 Å². The highest BCUT2D eigenvalue weighted by molar-refractivity contribution is 7.09. The van der Waals surface area contributed by atoms with E-state index in [9.17, 15) is 13.6 Å². The Morgan fingerprint density at radius 2 is 2.09 bits per heavy atom. The smallest absolute Gasteiger partial charge is 0.305 e. The van der Waals surface area contributed by atoms with E-state index in [1.165, 1.54) is 0 Å². The Morgan fingerprint density at radius 1 is 1.23 bits per heavy atom. The van der Waals surface area contributed by atoms with Crippen LogP contribution in [0.4, 0.5) is 8.78 Å². The van der Waals surface area contributed by atoms with E-state index in [0.29, 0.717) is 12.2 Å². The Hall–Kier alpha value is -1.57. The average molecular weight is 325 g/mol. The van der Waals surface area contributed by atoms with Gasteiger partial charge in [0.2, 0.25) is 0 Å². The van der Waals surface area contributed by atoms with Gasteiger partial charge in [0, 0.05) is 30.1 Å². The second-order valence-electron chi connectivity index (χ2n) is 5.32. The third kappa shape index (κ3) is 3.43. The summed E-state index contributed by atoms with van der Waals surface area (Å²) in [5.74, 6) is -1.05. The Balaban J connectivity index is 1.92. The summed E-state index contributed by atoms with van der Waals surface area (Å²) >= 11 is 1.06. The van der Waals surface area contributed by atoms with Crippen LogP contribution in [0, 0.1) is 11.6 Å². The molecular weight excluding hydrogens is 308 g/mol. The number of aromatic nitrogens is 1. The molecule has 0 bridgehead atoms. The zero-order valence-corrected chi connectivity index (χ0v) is 12.8. The average Bonchev–Trinajstić information content (AvgIpc) is 2.69. The van der Waals surface area contributed by atoms with E-state index < -0.39 is 11.6 Å². The van der Waals surface area contributed by atoms with Crippen LogP contribution in [-0.4, -0.2) is 36.1 Å². The summed E-state index contributed by atoms with van der Waals surface area (Å²) in [6.45, 7) is 4.23. The highest BCUT2D eigenvalue weighted by Gasteiger charge is 2.18. The Labute approximate surface area is 130 Å². The van der Waals surface area contributed by atoms with E-state index in [0.717, 1.165) is 67.0 Å². The molecular formula is C15H17F2N3OS. The number of thiazole rings is 1. The highest BCUT2D eigenvalue weighted by Crippen LogP contribution is 2.27. The quantitative estimate of drug-likeness (QED) is 0.909. The Kier molecular flexibility index (Phi) is 4.66. The summed E-state index contributed by atoms with van der Waals surface area (Å²) in [6, 6.07) is 3.28. The molecule has 0 radical (unpaired) electrons. The van der Waals surface area contributed by atoms with Crippen molar-refractivity contribution >= 4 is 11.3 Å². The molecule has 3 rings (SSSR count). The van der Waals surface area contributed by atoms with Crippen LogP contribution in [0.5, 0.6) is 0 Å². The number of rotatable bonds is 3. The number of hydrogen-bond donors (Lipinski definition) is 2. The molecule has 1 fully saturated rings. The van der Waals surface area contributed by atoms with E-state index in [2.05, 4.69) is 15.2 Å². The molecule has 0 unspecified atom stereocenters. The predicted octanol–water partition coefficient (Wildman–Crippen LogP) is 2.18. The van der Waals surface area contributed by atoms with Crippen molar-refractivity contribution in [3.63, 3.8) is 0 Å². The molecule has 2 heterocycles. The zero-order chi connectivity index (χ0) is 15.5. The van der Waals surface area contributed by atoms with Gasteiger partial charge in [-0.2, -0.15) is 0 Å². The largest absolute Gasteiger partial charge is 0.315 e. The van der Waals surface area contributed by atoms with Crippen LogP contribution < -0.4 is 10.2 Å². The zero-order valence-electron chi connectivity index (χ0n) is 12.0. The lowest BCUT2D eigenvalue weighted by atomic mass is 10.1. The van der Waals surface area contributed by atoms with E-state index in [-0.39, 0.29) is 10.4 Å². The van der Waals surface area contributed by atoms with Crippen LogP contribution in [0.3, 0.4) is 0 Å².